The third-order valence-corrected chi connectivity index (χ3v) is 4.51. The Bertz CT molecular complexity index is 282. The monoisotopic (exact) mass is 238 g/mol. The Hall–Kier alpha value is -0.380. The minimum atomic E-state index is -0.525. The van der Waals surface area contributed by atoms with Crippen molar-refractivity contribution in [2.24, 2.45) is 5.92 Å². The second-order valence-corrected chi connectivity index (χ2v) is 5.98. The molecule has 1 aliphatic carbocycles. The second kappa shape index (κ2) is 5.09. The van der Waals surface area contributed by atoms with Crippen molar-refractivity contribution >= 4 is 0 Å². The highest BCUT2D eigenvalue weighted by Crippen LogP contribution is 2.37. The molecule has 3 heteroatoms. The largest absolute Gasteiger partial charge is 0.389 e. The molecule has 1 saturated heterocycles. The van der Waals surface area contributed by atoms with E-state index in [1.54, 1.807) is 0 Å². The van der Waals surface area contributed by atoms with Gasteiger partial charge in [-0.05, 0) is 39.0 Å². The molecule has 0 spiro atoms. The molecule has 0 amide bonds. The standard InChI is InChI=1S/C14H26N2O/c1-11(2)12-4-5-14(3,17)13(10-12)16-8-6-15-7-9-16/h12-13,15,17H,1,4-10H2,2-3H3. The summed E-state index contributed by atoms with van der Waals surface area (Å²) in [6.07, 6.45) is 3.06. The zero-order chi connectivity index (χ0) is 12.5. The molecule has 0 aromatic rings. The fraction of sp³-hybridized carbons (Fsp3) is 0.857. The summed E-state index contributed by atoms with van der Waals surface area (Å²) in [4.78, 5) is 2.46. The van der Waals surface area contributed by atoms with Crippen molar-refractivity contribution in [3.05, 3.63) is 12.2 Å². The van der Waals surface area contributed by atoms with Crippen LogP contribution in [0.4, 0.5) is 0 Å². The lowest BCUT2D eigenvalue weighted by Gasteiger charge is -2.48. The van der Waals surface area contributed by atoms with Crippen LogP contribution in [0, 0.1) is 5.92 Å². The van der Waals surface area contributed by atoms with E-state index in [0.29, 0.717) is 12.0 Å². The molecule has 3 unspecified atom stereocenters. The minimum Gasteiger partial charge on any atom is -0.389 e. The maximum atomic E-state index is 10.6. The molecule has 17 heavy (non-hydrogen) atoms. The van der Waals surface area contributed by atoms with Crippen molar-refractivity contribution < 1.29 is 5.11 Å². The van der Waals surface area contributed by atoms with E-state index in [4.69, 9.17) is 0 Å². The third-order valence-electron chi connectivity index (χ3n) is 4.51. The van der Waals surface area contributed by atoms with E-state index in [9.17, 15) is 5.11 Å². The van der Waals surface area contributed by atoms with Crippen LogP contribution in [0.2, 0.25) is 0 Å². The summed E-state index contributed by atoms with van der Waals surface area (Å²) in [7, 11) is 0. The van der Waals surface area contributed by atoms with Crippen molar-refractivity contribution in [1.29, 1.82) is 0 Å². The normalized spacial score (nSPS) is 40.2. The van der Waals surface area contributed by atoms with Crippen LogP contribution in [0.1, 0.15) is 33.1 Å². The van der Waals surface area contributed by atoms with Crippen LogP contribution in [0.3, 0.4) is 0 Å². The third kappa shape index (κ3) is 2.90. The SMILES string of the molecule is C=C(C)C1CCC(C)(O)C(N2CCNCC2)C1. The fourth-order valence-corrected chi connectivity index (χ4v) is 3.26. The van der Waals surface area contributed by atoms with Gasteiger partial charge in [0.2, 0.25) is 0 Å². The van der Waals surface area contributed by atoms with Crippen LogP contribution in [-0.2, 0) is 0 Å². The number of hydrogen-bond acceptors (Lipinski definition) is 3. The van der Waals surface area contributed by atoms with E-state index in [-0.39, 0.29) is 0 Å². The summed E-state index contributed by atoms with van der Waals surface area (Å²) in [5.74, 6) is 0.593. The molecule has 0 bridgehead atoms. The van der Waals surface area contributed by atoms with Gasteiger partial charge in [0.25, 0.3) is 0 Å². The number of aliphatic hydroxyl groups is 1. The number of nitrogens with zero attached hydrogens (tertiary/aromatic N) is 1. The van der Waals surface area contributed by atoms with Crippen molar-refractivity contribution in [3.63, 3.8) is 0 Å². The summed E-state index contributed by atoms with van der Waals surface area (Å²) < 4.78 is 0. The van der Waals surface area contributed by atoms with Gasteiger partial charge in [-0.3, -0.25) is 4.90 Å². The minimum absolute atomic E-state index is 0.306. The first kappa shape index (κ1) is 13.1. The molecule has 3 atom stereocenters. The number of piperazine rings is 1. The average molecular weight is 238 g/mol. The highest BCUT2D eigenvalue weighted by molar-refractivity contribution is 5.05. The van der Waals surface area contributed by atoms with E-state index in [1.165, 1.54) is 5.57 Å². The Balaban J connectivity index is 2.06. The maximum absolute atomic E-state index is 10.6. The van der Waals surface area contributed by atoms with Crippen molar-refractivity contribution in [2.45, 2.75) is 44.8 Å². The summed E-state index contributed by atoms with van der Waals surface area (Å²) in [6.45, 7) is 12.4. The van der Waals surface area contributed by atoms with Gasteiger partial charge in [0, 0.05) is 32.2 Å². The molecule has 0 aromatic carbocycles. The highest BCUT2D eigenvalue weighted by Gasteiger charge is 2.41. The first-order chi connectivity index (χ1) is 8.00. The molecule has 2 N–H and O–H groups in total. The van der Waals surface area contributed by atoms with Crippen LogP contribution in [0.5, 0.6) is 0 Å². The van der Waals surface area contributed by atoms with Crippen molar-refractivity contribution in [1.82, 2.24) is 10.2 Å². The lowest BCUT2D eigenvalue weighted by molar-refractivity contribution is -0.0719. The Morgan fingerprint density at radius 2 is 2.06 bits per heavy atom. The average Bonchev–Trinajstić information content (AvgIpc) is 2.29. The fourth-order valence-electron chi connectivity index (χ4n) is 3.26. The van der Waals surface area contributed by atoms with Crippen LogP contribution in [-0.4, -0.2) is 47.8 Å². The van der Waals surface area contributed by atoms with Gasteiger partial charge in [-0.25, -0.2) is 0 Å². The van der Waals surface area contributed by atoms with E-state index < -0.39 is 5.60 Å². The first-order valence-corrected chi connectivity index (χ1v) is 6.83. The van der Waals surface area contributed by atoms with E-state index >= 15 is 0 Å². The van der Waals surface area contributed by atoms with Gasteiger partial charge in [-0.15, -0.1) is 0 Å². The van der Waals surface area contributed by atoms with E-state index in [1.807, 2.05) is 6.92 Å². The molecule has 1 heterocycles. The molecule has 98 valence electrons. The van der Waals surface area contributed by atoms with Gasteiger partial charge < -0.3 is 10.4 Å². The zero-order valence-electron chi connectivity index (χ0n) is 11.2. The predicted octanol–water partition coefficient (Wildman–Crippen LogP) is 1.39. The van der Waals surface area contributed by atoms with Gasteiger partial charge in [0.05, 0.1) is 5.60 Å². The molecule has 1 aliphatic heterocycles. The number of nitrogens with one attached hydrogen (secondary N) is 1. The Morgan fingerprint density at radius 1 is 1.41 bits per heavy atom. The smallest absolute Gasteiger partial charge is 0.0774 e. The van der Waals surface area contributed by atoms with Gasteiger partial charge in [0.1, 0.15) is 0 Å². The topological polar surface area (TPSA) is 35.5 Å². The van der Waals surface area contributed by atoms with Crippen LogP contribution >= 0.6 is 0 Å². The molecule has 3 nitrogen and oxygen atoms in total. The van der Waals surface area contributed by atoms with Gasteiger partial charge >= 0.3 is 0 Å². The Morgan fingerprint density at radius 3 is 2.65 bits per heavy atom. The quantitative estimate of drug-likeness (QED) is 0.714. The number of hydrogen-bond donors (Lipinski definition) is 2. The number of rotatable bonds is 2. The Kier molecular flexibility index (Phi) is 3.91. The lowest BCUT2D eigenvalue weighted by atomic mass is 9.73. The summed E-state index contributed by atoms with van der Waals surface area (Å²) in [5.41, 5.74) is 0.754. The predicted molar refractivity (Wildman–Crippen MR) is 71.0 cm³/mol. The lowest BCUT2D eigenvalue weighted by Crippen LogP contribution is -2.59. The molecular formula is C14H26N2O. The Labute approximate surface area is 105 Å². The van der Waals surface area contributed by atoms with Crippen LogP contribution < -0.4 is 5.32 Å². The zero-order valence-corrected chi connectivity index (χ0v) is 11.2. The molecule has 0 radical (unpaired) electrons. The second-order valence-electron chi connectivity index (χ2n) is 5.98. The molecule has 2 fully saturated rings. The first-order valence-electron chi connectivity index (χ1n) is 6.83. The van der Waals surface area contributed by atoms with Gasteiger partial charge in [0.15, 0.2) is 0 Å². The summed E-state index contributed by atoms with van der Waals surface area (Å²) in [5, 5.41) is 14.0. The van der Waals surface area contributed by atoms with Gasteiger partial charge in [-0.2, -0.15) is 0 Å². The molecule has 2 aliphatic rings. The summed E-state index contributed by atoms with van der Waals surface area (Å²) in [6, 6.07) is 0.306. The molecular weight excluding hydrogens is 212 g/mol. The highest BCUT2D eigenvalue weighted by atomic mass is 16.3. The van der Waals surface area contributed by atoms with Crippen LogP contribution in [0.15, 0.2) is 12.2 Å². The van der Waals surface area contributed by atoms with E-state index in [0.717, 1.165) is 45.4 Å². The van der Waals surface area contributed by atoms with Crippen LogP contribution in [0.25, 0.3) is 0 Å². The molecule has 1 saturated carbocycles. The van der Waals surface area contributed by atoms with Gasteiger partial charge in [-0.1, -0.05) is 12.2 Å². The summed E-state index contributed by atoms with van der Waals surface area (Å²) >= 11 is 0. The molecule has 0 aromatic heterocycles. The maximum Gasteiger partial charge on any atom is 0.0774 e. The van der Waals surface area contributed by atoms with E-state index in [2.05, 4.69) is 23.7 Å². The van der Waals surface area contributed by atoms with Crippen molar-refractivity contribution in [3.8, 4) is 0 Å². The number of allylic oxidation sites excluding steroid dienone is 1. The van der Waals surface area contributed by atoms with Crippen molar-refractivity contribution in [2.75, 3.05) is 26.2 Å². The molecule has 2 rings (SSSR count).